The molecular weight excluding hydrogens is 440 g/mol. The molecule has 4 aromatic rings. The summed E-state index contributed by atoms with van der Waals surface area (Å²) in [6.07, 6.45) is 2.08. The maximum atomic E-state index is 12.9. The van der Waals surface area contributed by atoms with E-state index in [4.69, 9.17) is 9.47 Å². The number of para-hydroxylation sites is 1. The van der Waals surface area contributed by atoms with Crippen molar-refractivity contribution in [3.63, 3.8) is 0 Å². The largest absolute Gasteiger partial charge is 0.454 e. The third-order valence-corrected chi connectivity index (χ3v) is 6.47. The number of aromatic amines is 1. The Bertz CT molecular complexity index is 1330. The molecule has 1 aromatic heterocycles. The average molecular weight is 471 g/mol. The van der Waals surface area contributed by atoms with Crippen LogP contribution in [0.1, 0.15) is 24.0 Å². The van der Waals surface area contributed by atoms with Crippen LogP contribution in [0.15, 0.2) is 72.9 Å². The summed E-state index contributed by atoms with van der Waals surface area (Å²) < 4.78 is 10.8. The molecule has 1 aliphatic rings. The van der Waals surface area contributed by atoms with Crippen LogP contribution in [0, 0.1) is 0 Å². The highest BCUT2D eigenvalue weighted by Gasteiger charge is 2.22. The van der Waals surface area contributed by atoms with Crippen LogP contribution in [0.3, 0.4) is 0 Å². The Labute approximate surface area is 205 Å². The van der Waals surface area contributed by atoms with Gasteiger partial charge in [-0.25, -0.2) is 0 Å². The molecule has 0 aliphatic carbocycles. The Kier molecular flexibility index (Phi) is 6.33. The molecule has 7 nitrogen and oxygen atoms in total. The van der Waals surface area contributed by atoms with Crippen LogP contribution in [0.2, 0.25) is 0 Å². The van der Waals surface area contributed by atoms with Gasteiger partial charge >= 0.3 is 0 Å². The van der Waals surface area contributed by atoms with Crippen molar-refractivity contribution in [2.24, 2.45) is 0 Å². The second kappa shape index (κ2) is 9.72. The minimum absolute atomic E-state index is 0.0724. The highest BCUT2D eigenvalue weighted by atomic mass is 16.7. The number of amides is 1. The molecule has 3 N–H and O–H groups in total. The molecule has 5 rings (SSSR count). The van der Waals surface area contributed by atoms with E-state index in [1.807, 2.05) is 33.2 Å². The quantitative estimate of drug-likeness (QED) is 0.348. The molecule has 1 amide bonds. The van der Waals surface area contributed by atoms with E-state index >= 15 is 0 Å². The molecule has 1 aliphatic heterocycles. The zero-order valence-electron chi connectivity index (χ0n) is 20.2. The summed E-state index contributed by atoms with van der Waals surface area (Å²) in [7, 11) is 4.07. The summed E-state index contributed by atoms with van der Waals surface area (Å²) in [6.45, 7) is 2.69. The minimum atomic E-state index is -0.394. The van der Waals surface area contributed by atoms with Gasteiger partial charge in [0.05, 0.1) is 6.04 Å². The van der Waals surface area contributed by atoms with Gasteiger partial charge < -0.3 is 30.0 Å². The fraction of sp³-hybridized carbons (Fsp3) is 0.250. The van der Waals surface area contributed by atoms with Crippen molar-refractivity contribution in [2.45, 2.75) is 18.9 Å². The van der Waals surface area contributed by atoms with Crippen molar-refractivity contribution in [2.75, 3.05) is 37.6 Å². The summed E-state index contributed by atoms with van der Waals surface area (Å²) in [5, 5.41) is 7.61. The van der Waals surface area contributed by atoms with E-state index in [1.54, 1.807) is 12.1 Å². The Morgan fingerprint density at radius 1 is 1.03 bits per heavy atom. The number of nitrogens with zero attached hydrogens (tertiary/aromatic N) is 1. The Morgan fingerprint density at radius 2 is 1.80 bits per heavy atom. The molecule has 0 saturated carbocycles. The summed E-state index contributed by atoms with van der Waals surface area (Å²) in [5.41, 5.74) is 5.33. The van der Waals surface area contributed by atoms with Gasteiger partial charge in [0.15, 0.2) is 11.5 Å². The van der Waals surface area contributed by atoms with Crippen LogP contribution in [0.25, 0.3) is 10.9 Å². The van der Waals surface area contributed by atoms with Crippen LogP contribution in [0.5, 0.6) is 11.5 Å². The number of carbonyl (C=O) groups is 1. The second-order valence-corrected chi connectivity index (χ2v) is 9.02. The highest BCUT2D eigenvalue weighted by molar-refractivity contribution is 5.95. The molecule has 0 saturated heterocycles. The van der Waals surface area contributed by atoms with E-state index in [1.165, 1.54) is 16.5 Å². The lowest BCUT2D eigenvalue weighted by Gasteiger charge is -2.22. The number of carbonyl (C=O) groups excluding carboxylic acids is 1. The van der Waals surface area contributed by atoms with Crippen LogP contribution >= 0.6 is 0 Å². The second-order valence-electron chi connectivity index (χ2n) is 9.02. The van der Waals surface area contributed by atoms with Crippen molar-refractivity contribution < 1.29 is 14.3 Å². The molecule has 0 radical (unpaired) electrons. The van der Waals surface area contributed by atoms with Gasteiger partial charge in [0.2, 0.25) is 12.7 Å². The third kappa shape index (κ3) is 4.81. The molecule has 2 heterocycles. The topological polar surface area (TPSA) is 78.6 Å². The molecule has 3 aromatic carbocycles. The molecule has 0 fully saturated rings. The third-order valence-electron chi connectivity index (χ3n) is 6.47. The van der Waals surface area contributed by atoms with E-state index in [9.17, 15) is 4.79 Å². The smallest absolute Gasteiger partial charge is 0.241 e. The summed E-state index contributed by atoms with van der Waals surface area (Å²) in [6, 6.07) is 21.9. The number of nitrogens with one attached hydrogen (secondary N) is 3. The number of rotatable bonds is 8. The monoisotopic (exact) mass is 470 g/mol. The van der Waals surface area contributed by atoms with Gasteiger partial charge in [0.25, 0.3) is 0 Å². The molecule has 0 unspecified atom stereocenters. The number of hydrogen-bond donors (Lipinski definition) is 3. The van der Waals surface area contributed by atoms with Crippen LogP contribution in [0.4, 0.5) is 11.4 Å². The van der Waals surface area contributed by atoms with Gasteiger partial charge in [-0.15, -0.1) is 0 Å². The predicted molar refractivity (Wildman–Crippen MR) is 140 cm³/mol. The van der Waals surface area contributed by atoms with Crippen molar-refractivity contribution in [1.82, 2.24) is 10.3 Å². The van der Waals surface area contributed by atoms with Gasteiger partial charge in [-0.3, -0.25) is 4.79 Å². The number of anilines is 2. The fourth-order valence-electron chi connectivity index (χ4n) is 4.41. The molecule has 0 spiro atoms. The summed E-state index contributed by atoms with van der Waals surface area (Å²) in [4.78, 5) is 18.4. The van der Waals surface area contributed by atoms with E-state index in [0.29, 0.717) is 23.7 Å². The van der Waals surface area contributed by atoms with E-state index in [-0.39, 0.29) is 18.6 Å². The van der Waals surface area contributed by atoms with Crippen LogP contribution in [-0.2, 0) is 4.79 Å². The first-order valence-electron chi connectivity index (χ1n) is 11.8. The summed E-state index contributed by atoms with van der Waals surface area (Å²) >= 11 is 0. The lowest BCUT2D eigenvalue weighted by molar-refractivity contribution is -0.117. The van der Waals surface area contributed by atoms with Gasteiger partial charge in [-0.1, -0.05) is 30.3 Å². The normalized spacial score (nSPS) is 14.0. The first-order chi connectivity index (χ1) is 17.0. The van der Waals surface area contributed by atoms with Gasteiger partial charge in [-0.2, -0.15) is 0 Å². The zero-order valence-corrected chi connectivity index (χ0v) is 20.2. The van der Waals surface area contributed by atoms with Crippen molar-refractivity contribution in [3.05, 3.63) is 84.1 Å². The fourth-order valence-corrected chi connectivity index (χ4v) is 4.41. The van der Waals surface area contributed by atoms with Crippen LogP contribution < -0.4 is 25.0 Å². The van der Waals surface area contributed by atoms with Crippen molar-refractivity contribution in [3.8, 4) is 11.5 Å². The maximum Gasteiger partial charge on any atom is 0.241 e. The predicted octanol–water partition coefficient (Wildman–Crippen LogP) is 4.71. The molecule has 7 heteroatoms. The number of aromatic nitrogens is 1. The molecular formula is C28H30N4O3. The molecule has 35 heavy (non-hydrogen) atoms. The Balaban J connectivity index is 1.34. The first kappa shape index (κ1) is 22.8. The molecule has 0 bridgehead atoms. The zero-order chi connectivity index (χ0) is 24.4. The average Bonchev–Trinajstić information content (AvgIpc) is 3.51. The SMILES string of the molecule is C[C@H](NC[C@@H](c1ccc(N(C)C)cc1)c1c[nH]c2ccccc12)C(=O)Nc1ccc2c(c1)OCO2. The summed E-state index contributed by atoms with van der Waals surface area (Å²) in [5.74, 6) is 1.30. The number of benzene rings is 3. The van der Waals surface area contributed by atoms with E-state index in [2.05, 4.69) is 69.2 Å². The lowest BCUT2D eigenvalue weighted by Crippen LogP contribution is -2.40. The number of ether oxygens (including phenoxy) is 2. The number of hydrogen-bond acceptors (Lipinski definition) is 5. The first-order valence-corrected chi connectivity index (χ1v) is 11.8. The van der Waals surface area contributed by atoms with Gasteiger partial charge in [-0.05, 0) is 48.4 Å². The lowest BCUT2D eigenvalue weighted by atomic mass is 9.90. The van der Waals surface area contributed by atoms with Crippen molar-refractivity contribution >= 4 is 28.2 Å². The van der Waals surface area contributed by atoms with E-state index in [0.717, 1.165) is 11.2 Å². The molecule has 2 atom stereocenters. The minimum Gasteiger partial charge on any atom is -0.454 e. The number of fused-ring (bicyclic) bond motifs is 2. The Hall–Kier alpha value is -3.97. The van der Waals surface area contributed by atoms with Gasteiger partial charge in [0, 0.05) is 61.1 Å². The van der Waals surface area contributed by atoms with Gasteiger partial charge in [0.1, 0.15) is 0 Å². The Morgan fingerprint density at radius 3 is 2.60 bits per heavy atom. The maximum absolute atomic E-state index is 12.9. The van der Waals surface area contributed by atoms with Crippen molar-refractivity contribution in [1.29, 1.82) is 0 Å². The molecule has 180 valence electrons. The van der Waals surface area contributed by atoms with Crippen LogP contribution in [-0.4, -0.2) is 44.4 Å². The number of H-pyrrole nitrogens is 1. The standard InChI is InChI=1S/C28H30N4O3/c1-18(28(33)31-20-10-13-26-27(14-20)35-17-34-26)29-15-23(19-8-11-21(12-9-19)32(2)3)24-16-30-25-7-5-4-6-22(24)25/h4-14,16,18,23,29-30H,15,17H2,1-3H3,(H,31,33)/t18-,23-/m0/s1. The van der Waals surface area contributed by atoms with E-state index < -0.39 is 6.04 Å². The highest BCUT2D eigenvalue weighted by Crippen LogP contribution is 2.34.